The first-order chi connectivity index (χ1) is 14.3. The van der Waals surface area contributed by atoms with Crippen LogP contribution in [0.15, 0.2) is 47.8 Å². The van der Waals surface area contributed by atoms with Crippen LogP contribution in [0.4, 0.5) is 13.2 Å². The van der Waals surface area contributed by atoms with Crippen LogP contribution in [0.2, 0.25) is 0 Å². The molecule has 30 heavy (non-hydrogen) atoms. The van der Waals surface area contributed by atoms with Gasteiger partial charge in [-0.2, -0.15) is 13.2 Å². The number of nitrogens with zero attached hydrogens (tertiary/aromatic N) is 2. The number of oxime groups is 1. The second-order valence-electron chi connectivity index (χ2n) is 6.18. The lowest BCUT2D eigenvalue weighted by Crippen LogP contribution is -2.24. The molecule has 1 aromatic carbocycles. The van der Waals surface area contributed by atoms with Crippen LogP contribution in [-0.4, -0.2) is 37.4 Å². The van der Waals surface area contributed by atoms with Gasteiger partial charge in [0.2, 0.25) is 12.7 Å². The van der Waals surface area contributed by atoms with Crippen LogP contribution in [0.1, 0.15) is 23.6 Å². The van der Waals surface area contributed by atoms with Crippen molar-refractivity contribution in [1.82, 2.24) is 4.98 Å². The van der Waals surface area contributed by atoms with E-state index in [-0.39, 0.29) is 18.2 Å². The zero-order chi connectivity index (χ0) is 22.1. The van der Waals surface area contributed by atoms with Gasteiger partial charge in [0.25, 0.3) is 0 Å². The first-order valence-corrected chi connectivity index (χ1v) is 9.01. The first-order valence-electron chi connectivity index (χ1n) is 9.01. The number of benzene rings is 1. The van der Waals surface area contributed by atoms with Crippen LogP contribution in [0.3, 0.4) is 0 Å². The van der Waals surface area contributed by atoms with Gasteiger partial charge in [-0.3, -0.25) is 0 Å². The minimum atomic E-state index is -4.67. The third-order valence-electron chi connectivity index (χ3n) is 3.89. The van der Waals surface area contributed by atoms with Crippen LogP contribution in [-0.2, 0) is 4.84 Å². The van der Waals surface area contributed by atoms with E-state index in [0.29, 0.717) is 12.4 Å². The van der Waals surface area contributed by atoms with Crippen LogP contribution < -0.4 is 14.2 Å². The summed E-state index contributed by atoms with van der Waals surface area (Å²) >= 11 is 0. The molecule has 0 aliphatic rings. The second kappa shape index (κ2) is 10.5. The van der Waals surface area contributed by atoms with E-state index in [1.54, 1.807) is 0 Å². The summed E-state index contributed by atoms with van der Waals surface area (Å²) in [6.45, 7) is 6.00. The number of rotatable bonds is 9. The number of ether oxygens (including phenoxy) is 3. The van der Waals surface area contributed by atoms with Crippen molar-refractivity contribution in [2.75, 3.05) is 20.5 Å². The zero-order valence-electron chi connectivity index (χ0n) is 17.1. The summed E-state index contributed by atoms with van der Waals surface area (Å²) in [5, 5.41) is 3.02. The van der Waals surface area contributed by atoms with E-state index in [0.717, 1.165) is 30.2 Å². The maximum atomic E-state index is 13.0. The Morgan fingerprint density at radius 3 is 2.33 bits per heavy atom. The molecule has 0 bridgehead atoms. The molecule has 0 unspecified atom stereocenters. The summed E-state index contributed by atoms with van der Waals surface area (Å²) in [4.78, 5) is 8.13. The summed E-state index contributed by atoms with van der Waals surface area (Å²) < 4.78 is 55.6. The maximum absolute atomic E-state index is 13.0. The maximum Gasteiger partial charge on any atom is 0.437 e. The summed E-state index contributed by atoms with van der Waals surface area (Å²) in [5.41, 5.74) is 0.312. The van der Waals surface area contributed by atoms with Crippen molar-refractivity contribution >= 4 is 5.71 Å². The van der Waals surface area contributed by atoms with Crippen LogP contribution in [0.25, 0.3) is 0 Å². The molecule has 0 fully saturated rings. The molecule has 0 spiro atoms. The number of alkyl halides is 3. The fraction of sp³-hybridized carbons (Fsp3) is 0.333. The highest BCUT2D eigenvalue weighted by molar-refractivity contribution is 6.04. The Morgan fingerprint density at radius 2 is 1.80 bits per heavy atom. The van der Waals surface area contributed by atoms with Crippen LogP contribution >= 0.6 is 0 Å². The molecule has 0 aliphatic carbocycles. The molecule has 2 rings (SSSR count). The molecule has 0 saturated heterocycles. The topological polar surface area (TPSA) is 62.2 Å². The van der Waals surface area contributed by atoms with Crippen molar-refractivity contribution in [3.05, 3.63) is 59.3 Å². The van der Waals surface area contributed by atoms with E-state index in [4.69, 9.17) is 14.2 Å². The number of allylic oxidation sites excluding steroid dienone is 1. The van der Waals surface area contributed by atoms with Gasteiger partial charge in [0.05, 0.1) is 0 Å². The normalized spacial score (nSPS) is 12.2. The molecule has 2 aromatic rings. The lowest BCUT2D eigenvalue weighted by molar-refractivity contribution is -0.0608. The third-order valence-corrected chi connectivity index (χ3v) is 3.89. The van der Waals surface area contributed by atoms with E-state index in [1.165, 1.54) is 12.1 Å². The SMILES string of the molecule is C/C=C/COc1cc(C)c(OCOc2ccc(/C(=N/OC)C(F)(F)F)cn2)c(C)c1. The molecule has 0 radical (unpaired) electrons. The van der Waals surface area contributed by atoms with Crippen molar-refractivity contribution in [2.45, 2.75) is 26.9 Å². The molecule has 0 N–H and O–H groups in total. The Labute approximate surface area is 172 Å². The van der Waals surface area contributed by atoms with Crippen molar-refractivity contribution in [1.29, 1.82) is 0 Å². The van der Waals surface area contributed by atoms with Gasteiger partial charge in [-0.25, -0.2) is 4.98 Å². The second-order valence-corrected chi connectivity index (χ2v) is 6.18. The van der Waals surface area contributed by atoms with Gasteiger partial charge >= 0.3 is 6.18 Å². The minimum Gasteiger partial charge on any atom is -0.490 e. The Hall–Kier alpha value is -3.23. The highest BCUT2D eigenvalue weighted by atomic mass is 19.4. The number of aromatic nitrogens is 1. The molecular formula is C21H23F3N2O4. The lowest BCUT2D eigenvalue weighted by atomic mass is 10.1. The predicted molar refractivity (Wildman–Crippen MR) is 106 cm³/mol. The summed E-state index contributed by atoms with van der Waals surface area (Å²) in [5.74, 6) is 1.47. The monoisotopic (exact) mass is 424 g/mol. The highest BCUT2D eigenvalue weighted by Gasteiger charge is 2.38. The summed E-state index contributed by atoms with van der Waals surface area (Å²) in [7, 11) is 1.04. The number of hydrogen-bond acceptors (Lipinski definition) is 6. The molecule has 0 aliphatic heterocycles. The Bertz CT molecular complexity index is 871. The Morgan fingerprint density at radius 1 is 1.10 bits per heavy atom. The number of halogens is 3. The smallest absolute Gasteiger partial charge is 0.437 e. The van der Waals surface area contributed by atoms with E-state index < -0.39 is 11.9 Å². The quantitative estimate of drug-likeness (QED) is 0.246. The molecule has 0 saturated carbocycles. The van der Waals surface area contributed by atoms with Gasteiger partial charge in [0.1, 0.15) is 25.2 Å². The molecule has 0 atom stereocenters. The largest absolute Gasteiger partial charge is 0.490 e. The molecule has 0 amide bonds. The predicted octanol–water partition coefficient (Wildman–Crippen LogP) is 4.98. The number of aryl methyl sites for hydroxylation is 2. The van der Waals surface area contributed by atoms with Crippen molar-refractivity contribution in [2.24, 2.45) is 5.16 Å². The minimum absolute atomic E-state index is 0.110. The van der Waals surface area contributed by atoms with Crippen molar-refractivity contribution in [3.8, 4) is 17.4 Å². The van der Waals surface area contributed by atoms with Gasteiger partial charge in [0.15, 0.2) is 5.71 Å². The molecule has 9 heteroatoms. The molecular weight excluding hydrogens is 401 g/mol. The van der Waals surface area contributed by atoms with Gasteiger partial charge < -0.3 is 19.0 Å². The van der Waals surface area contributed by atoms with E-state index in [1.807, 2.05) is 45.1 Å². The standard InChI is InChI=1S/C21H23F3N2O4/c1-5-6-9-28-17-10-14(2)19(15(3)11-17)30-13-29-18-8-7-16(12-25-18)20(26-27-4)21(22,23)24/h5-8,10-12H,9,13H2,1-4H3/b6-5+,26-20-. The molecule has 1 heterocycles. The number of hydrogen-bond donors (Lipinski definition) is 0. The Kier molecular flexibility index (Phi) is 8.08. The fourth-order valence-electron chi connectivity index (χ4n) is 2.58. The summed E-state index contributed by atoms with van der Waals surface area (Å²) in [6, 6.07) is 6.20. The van der Waals surface area contributed by atoms with Gasteiger partial charge in [-0.05, 0) is 50.1 Å². The average Bonchev–Trinajstić information content (AvgIpc) is 2.68. The van der Waals surface area contributed by atoms with Crippen molar-refractivity contribution < 1.29 is 32.2 Å². The van der Waals surface area contributed by atoms with Gasteiger partial charge in [-0.15, -0.1) is 0 Å². The van der Waals surface area contributed by atoms with Gasteiger partial charge in [0, 0.05) is 17.8 Å². The zero-order valence-corrected chi connectivity index (χ0v) is 17.1. The highest BCUT2D eigenvalue weighted by Crippen LogP contribution is 2.29. The molecule has 162 valence electrons. The van der Waals surface area contributed by atoms with E-state index in [2.05, 4.69) is 15.0 Å². The van der Waals surface area contributed by atoms with Crippen LogP contribution in [0.5, 0.6) is 17.4 Å². The van der Waals surface area contributed by atoms with Gasteiger partial charge in [-0.1, -0.05) is 17.3 Å². The third kappa shape index (κ3) is 6.40. The summed E-state index contributed by atoms with van der Waals surface area (Å²) in [6.07, 6.45) is 0.151. The van der Waals surface area contributed by atoms with Crippen molar-refractivity contribution in [3.63, 3.8) is 0 Å². The average molecular weight is 424 g/mol. The lowest BCUT2D eigenvalue weighted by Gasteiger charge is -2.15. The molecule has 6 nitrogen and oxygen atoms in total. The van der Waals surface area contributed by atoms with Crippen LogP contribution in [0, 0.1) is 13.8 Å². The molecule has 1 aromatic heterocycles. The van der Waals surface area contributed by atoms with E-state index >= 15 is 0 Å². The Balaban J connectivity index is 1.99. The number of pyridine rings is 1. The first kappa shape index (κ1) is 23.1. The van der Waals surface area contributed by atoms with E-state index in [9.17, 15) is 13.2 Å². The fourth-order valence-corrected chi connectivity index (χ4v) is 2.58.